The first kappa shape index (κ1) is 25.2. The van der Waals surface area contributed by atoms with Gasteiger partial charge in [-0.15, -0.1) is 0 Å². The summed E-state index contributed by atoms with van der Waals surface area (Å²) < 4.78 is 6.15. The van der Waals surface area contributed by atoms with Gasteiger partial charge < -0.3 is 14.7 Å². The number of anilines is 1. The van der Waals surface area contributed by atoms with Crippen LogP contribution in [0, 0.1) is 33.1 Å². The normalized spacial score (nSPS) is 17.2. The highest BCUT2D eigenvalue weighted by molar-refractivity contribution is 5.88. The first-order chi connectivity index (χ1) is 15.2. The highest BCUT2D eigenvalue weighted by Gasteiger charge is 2.36. The number of hydrogen-bond acceptors (Lipinski definition) is 4. The average molecular weight is 453 g/mol. The van der Waals surface area contributed by atoms with E-state index in [9.17, 15) is 9.90 Å². The second kappa shape index (κ2) is 9.09. The Morgan fingerprint density at radius 2 is 1.67 bits per heavy atom. The molecule has 0 bridgehead atoms. The van der Waals surface area contributed by atoms with E-state index in [1.165, 1.54) is 11.1 Å². The Balaban J connectivity index is 2.32. The molecule has 1 aliphatic rings. The summed E-state index contributed by atoms with van der Waals surface area (Å²) in [4.78, 5) is 19.7. The van der Waals surface area contributed by atoms with Crippen LogP contribution in [0.2, 0.25) is 0 Å². The van der Waals surface area contributed by atoms with Crippen LogP contribution in [0.4, 0.5) is 5.69 Å². The third kappa shape index (κ3) is 5.57. The maximum absolute atomic E-state index is 12.5. The van der Waals surface area contributed by atoms with Gasteiger partial charge in [-0.25, -0.2) is 4.79 Å². The van der Waals surface area contributed by atoms with E-state index in [0.29, 0.717) is 5.56 Å². The van der Waals surface area contributed by atoms with Crippen LogP contribution in [-0.2, 0) is 9.53 Å². The van der Waals surface area contributed by atoms with E-state index in [1.54, 1.807) is 0 Å². The van der Waals surface area contributed by atoms with Gasteiger partial charge in [-0.1, -0.05) is 32.0 Å². The number of carboxylic acids is 1. The molecule has 3 rings (SSSR count). The van der Waals surface area contributed by atoms with E-state index in [0.717, 1.165) is 54.1 Å². The molecule has 1 fully saturated rings. The predicted octanol–water partition coefficient (Wildman–Crippen LogP) is 6.55. The van der Waals surface area contributed by atoms with E-state index in [2.05, 4.69) is 50.8 Å². The summed E-state index contributed by atoms with van der Waals surface area (Å²) in [5, 5.41) is 10.3. The molecule has 5 nitrogen and oxygen atoms in total. The zero-order chi connectivity index (χ0) is 24.7. The van der Waals surface area contributed by atoms with Gasteiger partial charge in [0.25, 0.3) is 0 Å². The SMILES string of the molecule is Cc1ccc(-c2c(C)nc(C)c(C(OC(C)(C)C)C(=O)O)c2N2CCC(C)(C)CC2)cc1C. The summed E-state index contributed by atoms with van der Waals surface area (Å²) in [7, 11) is 0. The molecule has 0 aliphatic carbocycles. The van der Waals surface area contributed by atoms with Gasteiger partial charge in [-0.05, 0) is 83.4 Å². The van der Waals surface area contributed by atoms with Crippen molar-refractivity contribution in [3.05, 3.63) is 46.3 Å². The fourth-order valence-corrected chi connectivity index (χ4v) is 4.65. The van der Waals surface area contributed by atoms with Crippen LogP contribution in [0.25, 0.3) is 11.1 Å². The molecule has 1 aliphatic heterocycles. The number of aryl methyl sites for hydroxylation is 4. The topological polar surface area (TPSA) is 62.7 Å². The van der Waals surface area contributed by atoms with Crippen molar-refractivity contribution in [1.82, 2.24) is 4.98 Å². The Kier molecular flexibility index (Phi) is 6.95. The van der Waals surface area contributed by atoms with Crippen LogP contribution in [0.1, 0.15) is 81.6 Å². The number of aliphatic carboxylic acids is 1. The summed E-state index contributed by atoms with van der Waals surface area (Å²) in [6.45, 7) is 20.2. The van der Waals surface area contributed by atoms with E-state index in [-0.39, 0.29) is 5.41 Å². The Hall–Kier alpha value is -2.40. The van der Waals surface area contributed by atoms with Crippen molar-refractivity contribution in [3.63, 3.8) is 0 Å². The second-order valence-electron chi connectivity index (χ2n) is 11.3. The van der Waals surface area contributed by atoms with Crippen LogP contribution >= 0.6 is 0 Å². The number of rotatable bonds is 5. The minimum absolute atomic E-state index is 0.280. The minimum Gasteiger partial charge on any atom is -0.479 e. The van der Waals surface area contributed by atoms with E-state index in [1.807, 2.05) is 34.6 Å². The van der Waals surface area contributed by atoms with Crippen LogP contribution in [-0.4, -0.2) is 34.8 Å². The van der Waals surface area contributed by atoms with E-state index < -0.39 is 17.7 Å². The number of aromatic nitrogens is 1. The van der Waals surface area contributed by atoms with Crippen molar-refractivity contribution in [1.29, 1.82) is 0 Å². The molecule has 1 saturated heterocycles. The smallest absolute Gasteiger partial charge is 0.337 e. The van der Waals surface area contributed by atoms with E-state index in [4.69, 9.17) is 9.72 Å². The molecule has 1 aromatic heterocycles. The largest absolute Gasteiger partial charge is 0.479 e. The molecule has 0 amide bonds. The molecule has 1 aromatic carbocycles. The molecule has 2 heterocycles. The van der Waals surface area contributed by atoms with Crippen molar-refractivity contribution in [2.75, 3.05) is 18.0 Å². The van der Waals surface area contributed by atoms with Gasteiger partial charge >= 0.3 is 5.97 Å². The van der Waals surface area contributed by atoms with Crippen LogP contribution < -0.4 is 4.90 Å². The molecule has 0 radical (unpaired) electrons. The molecule has 1 atom stereocenters. The molecule has 1 unspecified atom stereocenters. The third-order valence-corrected chi connectivity index (χ3v) is 6.77. The maximum atomic E-state index is 12.5. The number of nitrogens with zero attached hydrogens (tertiary/aromatic N) is 2. The molecular weight excluding hydrogens is 412 g/mol. The number of carbonyl (C=O) groups is 1. The van der Waals surface area contributed by atoms with Crippen molar-refractivity contribution in [2.24, 2.45) is 5.41 Å². The predicted molar refractivity (Wildman–Crippen MR) is 135 cm³/mol. The van der Waals surface area contributed by atoms with Gasteiger partial charge in [0, 0.05) is 35.6 Å². The lowest BCUT2D eigenvalue weighted by molar-refractivity contribution is -0.160. The summed E-state index contributed by atoms with van der Waals surface area (Å²) >= 11 is 0. The van der Waals surface area contributed by atoms with Crippen molar-refractivity contribution in [2.45, 2.75) is 86.9 Å². The van der Waals surface area contributed by atoms with Gasteiger partial charge in [-0.2, -0.15) is 0 Å². The molecule has 0 spiro atoms. The second-order valence-corrected chi connectivity index (χ2v) is 11.3. The zero-order valence-electron chi connectivity index (χ0n) is 21.8. The van der Waals surface area contributed by atoms with Gasteiger partial charge in [0.15, 0.2) is 6.10 Å². The summed E-state index contributed by atoms with van der Waals surface area (Å²) in [6, 6.07) is 6.45. The molecular formula is C28H40N2O3. The van der Waals surface area contributed by atoms with Gasteiger partial charge in [-0.3, -0.25) is 4.98 Å². The third-order valence-electron chi connectivity index (χ3n) is 6.77. The molecule has 0 saturated carbocycles. The van der Waals surface area contributed by atoms with Crippen molar-refractivity contribution in [3.8, 4) is 11.1 Å². The summed E-state index contributed by atoms with van der Waals surface area (Å²) in [5.74, 6) is -0.983. The zero-order valence-corrected chi connectivity index (χ0v) is 21.8. The van der Waals surface area contributed by atoms with Gasteiger partial charge in [0.05, 0.1) is 11.3 Å². The maximum Gasteiger partial charge on any atom is 0.337 e. The lowest BCUT2D eigenvalue weighted by Crippen LogP contribution is -2.39. The van der Waals surface area contributed by atoms with Crippen LogP contribution in [0.15, 0.2) is 18.2 Å². The van der Waals surface area contributed by atoms with Crippen LogP contribution in [0.5, 0.6) is 0 Å². The molecule has 33 heavy (non-hydrogen) atoms. The summed E-state index contributed by atoms with van der Waals surface area (Å²) in [6.07, 6.45) is 1.02. The van der Waals surface area contributed by atoms with Gasteiger partial charge in [0.2, 0.25) is 0 Å². The lowest BCUT2D eigenvalue weighted by Gasteiger charge is -2.41. The monoisotopic (exact) mass is 452 g/mol. The van der Waals surface area contributed by atoms with E-state index >= 15 is 0 Å². The Morgan fingerprint density at radius 1 is 1.06 bits per heavy atom. The highest BCUT2D eigenvalue weighted by Crippen LogP contribution is 2.45. The Labute approximate surface area is 199 Å². The fraction of sp³-hybridized carbons (Fsp3) is 0.571. The number of hydrogen-bond donors (Lipinski definition) is 1. The number of carboxylic acid groups (broad SMARTS) is 1. The number of benzene rings is 1. The highest BCUT2D eigenvalue weighted by atomic mass is 16.5. The number of pyridine rings is 1. The quantitative estimate of drug-likeness (QED) is 0.557. The molecule has 180 valence electrons. The lowest BCUT2D eigenvalue weighted by atomic mass is 9.81. The average Bonchev–Trinajstić information content (AvgIpc) is 2.68. The Bertz CT molecular complexity index is 1040. The number of ether oxygens (including phenoxy) is 1. The molecule has 1 N–H and O–H groups in total. The summed E-state index contributed by atoms with van der Waals surface area (Å²) in [5.41, 5.74) is 7.48. The van der Waals surface area contributed by atoms with Crippen molar-refractivity contribution < 1.29 is 14.6 Å². The minimum atomic E-state index is -1.09. The van der Waals surface area contributed by atoms with Crippen LogP contribution in [0.3, 0.4) is 0 Å². The van der Waals surface area contributed by atoms with Crippen molar-refractivity contribution >= 4 is 11.7 Å². The molecule has 5 heteroatoms. The van der Waals surface area contributed by atoms with Gasteiger partial charge in [0.1, 0.15) is 0 Å². The Morgan fingerprint density at radius 3 is 2.18 bits per heavy atom. The fourth-order valence-electron chi connectivity index (χ4n) is 4.65. The number of piperidine rings is 1. The first-order valence-electron chi connectivity index (χ1n) is 11.9. The first-order valence-corrected chi connectivity index (χ1v) is 11.9. The standard InChI is InChI=1S/C28H40N2O3/c1-17-10-11-21(16-18(17)2)22-19(3)29-20(4)23(25(26(31)32)33-27(5,6)7)24(22)30-14-12-28(8,9)13-15-30/h10-11,16,25H,12-15H2,1-9H3,(H,31,32). The molecule has 2 aromatic rings.